The van der Waals surface area contributed by atoms with Crippen LogP contribution in [0.3, 0.4) is 0 Å². The summed E-state index contributed by atoms with van der Waals surface area (Å²) in [6.07, 6.45) is 0. The maximum absolute atomic E-state index is 11.7. The third kappa shape index (κ3) is 4.86. The number of hydrogen-bond donors (Lipinski definition) is 2. The third-order valence-corrected chi connectivity index (χ3v) is 4.72. The molecule has 0 saturated carbocycles. The largest absolute Gasteiger partial charge is 0.374 e. The van der Waals surface area contributed by atoms with Crippen LogP contribution < -0.4 is 10.6 Å². The summed E-state index contributed by atoms with van der Waals surface area (Å²) in [4.78, 5) is 10.9. The molecule has 0 aliphatic carbocycles. The first-order valence-electron chi connectivity index (χ1n) is 5.89. The number of alkyl halides is 3. The van der Waals surface area contributed by atoms with E-state index in [1.54, 1.807) is 6.92 Å². The number of hydrogen-bond acceptors (Lipinski definition) is 3. The lowest BCUT2D eigenvalue weighted by atomic mass is 10.1. The number of halogens is 3. The van der Waals surface area contributed by atoms with Crippen molar-refractivity contribution in [3.05, 3.63) is 29.8 Å². The van der Waals surface area contributed by atoms with Crippen molar-refractivity contribution in [1.82, 2.24) is 5.32 Å². The van der Waals surface area contributed by atoms with Crippen LogP contribution in [0.5, 0.6) is 0 Å². The minimum Gasteiger partial charge on any atom is -0.374 e. The molecule has 2 atom stereocenters. The van der Waals surface area contributed by atoms with Crippen LogP contribution in [0.4, 0.5) is 5.69 Å². The summed E-state index contributed by atoms with van der Waals surface area (Å²) in [5.41, 5.74) is 1.63. The van der Waals surface area contributed by atoms with Gasteiger partial charge in [-0.3, -0.25) is 4.79 Å². The molecule has 1 aromatic carbocycles. The van der Waals surface area contributed by atoms with Crippen LogP contribution in [0, 0.1) is 11.3 Å². The molecule has 2 N–H and O–H groups in total. The minimum atomic E-state index is -0.610. The maximum Gasteiger partial charge on any atom is 0.243 e. The third-order valence-electron chi connectivity index (χ3n) is 2.59. The Labute approximate surface area is 136 Å². The molecule has 1 rings (SSSR count). The average molecular weight is 379 g/mol. The molecule has 1 amide bonds. The van der Waals surface area contributed by atoms with Crippen molar-refractivity contribution in [2.24, 2.45) is 0 Å². The Morgan fingerprint density at radius 3 is 2.70 bits per heavy atom. The molecule has 0 spiro atoms. The minimum absolute atomic E-state index is 0.0149. The summed E-state index contributed by atoms with van der Waals surface area (Å²) in [6.45, 7) is 1.70. The maximum atomic E-state index is 11.7. The quantitative estimate of drug-likeness (QED) is 0.589. The Morgan fingerprint density at radius 1 is 1.45 bits per heavy atom. The highest BCUT2D eigenvalue weighted by atomic mass is 79.9. The first kappa shape index (κ1) is 17.1. The molecular formula is C13H14BrCl2N3O. The molecule has 7 heteroatoms. The van der Waals surface area contributed by atoms with Gasteiger partial charge in [-0.05, 0) is 18.6 Å². The number of nitriles is 1. The van der Waals surface area contributed by atoms with Gasteiger partial charge in [-0.25, -0.2) is 0 Å². The van der Waals surface area contributed by atoms with Gasteiger partial charge in [-0.15, -0.1) is 23.2 Å². The van der Waals surface area contributed by atoms with Gasteiger partial charge < -0.3 is 10.6 Å². The summed E-state index contributed by atoms with van der Waals surface area (Å²) in [6, 6.07) is 8.81. The van der Waals surface area contributed by atoms with E-state index in [-0.39, 0.29) is 17.3 Å². The fraction of sp³-hybridized carbons (Fsp3) is 0.385. The zero-order valence-corrected chi connectivity index (χ0v) is 13.8. The van der Waals surface area contributed by atoms with E-state index in [2.05, 4.69) is 26.6 Å². The fourth-order valence-corrected chi connectivity index (χ4v) is 2.25. The van der Waals surface area contributed by atoms with E-state index < -0.39 is 10.9 Å². The van der Waals surface area contributed by atoms with Crippen molar-refractivity contribution in [3.63, 3.8) is 0 Å². The molecule has 0 aliphatic heterocycles. The van der Waals surface area contributed by atoms with Gasteiger partial charge in [0.15, 0.2) is 0 Å². The number of rotatable bonds is 6. The SMILES string of the molecule is CC(Nc1ccccc1C(Br)C(Cl)Cl)C(=O)NCC#N. The van der Waals surface area contributed by atoms with E-state index in [1.165, 1.54) is 0 Å². The van der Waals surface area contributed by atoms with Gasteiger partial charge in [-0.1, -0.05) is 34.1 Å². The lowest BCUT2D eigenvalue weighted by Gasteiger charge is -2.20. The number of amides is 1. The molecule has 0 fully saturated rings. The number of carbonyl (C=O) groups is 1. The van der Waals surface area contributed by atoms with Crippen LogP contribution in [0.2, 0.25) is 0 Å². The van der Waals surface area contributed by atoms with Crippen molar-refractivity contribution in [2.75, 3.05) is 11.9 Å². The zero-order chi connectivity index (χ0) is 15.1. The first-order valence-corrected chi connectivity index (χ1v) is 7.68. The predicted octanol–water partition coefficient (Wildman–Crippen LogP) is 3.37. The number of para-hydroxylation sites is 1. The van der Waals surface area contributed by atoms with Crippen molar-refractivity contribution in [3.8, 4) is 6.07 Å². The van der Waals surface area contributed by atoms with Crippen molar-refractivity contribution in [1.29, 1.82) is 5.26 Å². The normalized spacial score (nSPS) is 13.4. The first-order chi connectivity index (χ1) is 9.47. The highest BCUT2D eigenvalue weighted by molar-refractivity contribution is 9.09. The number of benzene rings is 1. The number of anilines is 1. The predicted molar refractivity (Wildman–Crippen MR) is 85.3 cm³/mol. The van der Waals surface area contributed by atoms with E-state index in [4.69, 9.17) is 28.5 Å². The van der Waals surface area contributed by atoms with Crippen LogP contribution >= 0.6 is 39.1 Å². The lowest BCUT2D eigenvalue weighted by Crippen LogP contribution is -2.37. The Bertz CT molecular complexity index is 505. The van der Waals surface area contributed by atoms with Crippen molar-refractivity contribution >= 4 is 50.7 Å². The van der Waals surface area contributed by atoms with Gasteiger partial charge in [0.05, 0.1) is 10.9 Å². The standard InChI is InChI=1S/C13H14BrCl2N3O/c1-8(13(20)18-7-6-17)19-10-5-3-2-4-9(10)11(14)12(15)16/h2-5,8,11-12,19H,7H2,1H3,(H,18,20). The highest BCUT2D eigenvalue weighted by Crippen LogP contribution is 2.36. The molecule has 20 heavy (non-hydrogen) atoms. The van der Waals surface area contributed by atoms with Gasteiger partial charge in [0.25, 0.3) is 0 Å². The molecule has 1 aromatic rings. The van der Waals surface area contributed by atoms with Crippen LogP contribution in [0.25, 0.3) is 0 Å². The van der Waals surface area contributed by atoms with E-state index >= 15 is 0 Å². The number of nitrogens with one attached hydrogen (secondary N) is 2. The Hall–Kier alpha value is -0.960. The van der Waals surface area contributed by atoms with Crippen LogP contribution in [-0.4, -0.2) is 23.3 Å². The Balaban J connectivity index is 2.82. The molecule has 2 unspecified atom stereocenters. The molecule has 0 heterocycles. The van der Waals surface area contributed by atoms with Gasteiger partial charge in [-0.2, -0.15) is 5.26 Å². The van der Waals surface area contributed by atoms with E-state index in [1.807, 2.05) is 30.3 Å². The van der Waals surface area contributed by atoms with Crippen LogP contribution in [0.1, 0.15) is 17.3 Å². The second-order valence-corrected chi connectivity index (χ2v) is 6.22. The van der Waals surface area contributed by atoms with Crippen molar-refractivity contribution in [2.45, 2.75) is 22.6 Å². The highest BCUT2D eigenvalue weighted by Gasteiger charge is 2.20. The number of carbonyl (C=O) groups excluding carboxylic acids is 1. The van der Waals surface area contributed by atoms with Crippen molar-refractivity contribution < 1.29 is 4.79 Å². The van der Waals surface area contributed by atoms with Crippen LogP contribution in [-0.2, 0) is 4.79 Å². The topological polar surface area (TPSA) is 64.9 Å². The van der Waals surface area contributed by atoms with Gasteiger partial charge in [0, 0.05) is 5.69 Å². The second-order valence-electron chi connectivity index (χ2n) is 4.07. The number of nitrogens with zero attached hydrogens (tertiary/aromatic N) is 1. The summed E-state index contributed by atoms with van der Waals surface area (Å²) in [5, 5.41) is 14.0. The molecule has 0 bridgehead atoms. The molecule has 0 aromatic heterocycles. The average Bonchev–Trinajstić information content (AvgIpc) is 2.44. The summed E-state index contributed by atoms with van der Waals surface area (Å²) in [7, 11) is 0. The summed E-state index contributed by atoms with van der Waals surface area (Å²) in [5.74, 6) is -0.249. The van der Waals surface area contributed by atoms with Gasteiger partial charge >= 0.3 is 0 Å². The van der Waals surface area contributed by atoms with Crippen LogP contribution in [0.15, 0.2) is 24.3 Å². The summed E-state index contributed by atoms with van der Waals surface area (Å²) >= 11 is 15.2. The molecule has 0 saturated heterocycles. The van der Waals surface area contributed by atoms with E-state index in [0.29, 0.717) is 0 Å². The Kier molecular flexibility index (Phi) is 7.14. The van der Waals surface area contributed by atoms with Gasteiger partial charge in [0.1, 0.15) is 17.4 Å². The second kappa shape index (κ2) is 8.35. The van der Waals surface area contributed by atoms with E-state index in [9.17, 15) is 4.79 Å². The molecule has 0 aliphatic rings. The Morgan fingerprint density at radius 2 is 2.10 bits per heavy atom. The molecular weight excluding hydrogens is 365 g/mol. The summed E-state index contributed by atoms with van der Waals surface area (Å²) < 4.78 is 0. The smallest absolute Gasteiger partial charge is 0.243 e. The molecule has 108 valence electrons. The molecule has 0 radical (unpaired) electrons. The zero-order valence-electron chi connectivity index (χ0n) is 10.7. The van der Waals surface area contributed by atoms with E-state index in [0.717, 1.165) is 11.3 Å². The monoisotopic (exact) mass is 377 g/mol. The molecule has 4 nitrogen and oxygen atoms in total. The van der Waals surface area contributed by atoms with Gasteiger partial charge in [0.2, 0.25) is 5.91 Å². The fourth-order valence-electron chi connectivity index (χ4n) is 1.58. The lowest BCUT2D eigenvalue weighted by molar-refractivity contribution is -0.121.